The zero-order valence-corrected chi connectivity index (χ0v) is 11.5. The summed E-state index contributed by atoms with van der Waals surface area (Å²) in [5, 5.41) is 2.72. The van der Waals surface area contributed by atoms with E-state index in [1.54, 1.807) is 24.3 Å². The third-order valence-corrected chi connectivity index (χ3v) is 3.11. The lowest BCUT2D eigenvalue weighted by atomic mass is 10.2. The summed E-state index contributed by atoms with van der Waals surface area (Å²) in [6.07, 6.45) is -0.585. The predicted molar refractivity (Wildman–Crippen MR) is 75.0 cm³/mol. The van der Waals surface area contributed by atoms with E-state index in [0.717, 1.165) is 0 Å². The van der Waals surface area contributed by atoms with Crippen LogP contribution in [-0.4, -0.2) is 28.8 Å². The van der Waals surface area contributed by atoms with Gasteiger partial charge in [-0.3, -0.25) is 25.1 Å². The number of benzene rings is 1. The van der Waals surface area contributed by atoms with Gasteiger partial charge in [0.2, 0.25) is 5.91 Å². The van der Waals surface area contributed by atoms with E-state index in [2.05, 4.69) is 0 Å². The summed E-state index contributed by atoms with van der Waals surface area (Å²) in [6, 6.07) is 6.74. The molecule has 0 aliphatic carbocycles. The van der Waals surface area contributed by atoms with Gasteiger partial charge in [-0.05, 0) is 12.1 Å². The van der Waals surface area contributed by atoms with Gasteiger partial charge in [-0.25, -0.2) is 9.59 Å². The molecule has 0 spiro atoms. The Morgan fingerprint density at radius 2 is 1.91 bits per heavy atom. The molecule has 116 valence electrons. The molecule has 1 aliphatic heterocycles. The number of imide groups is 2. The maximum absolute atomic E-state index is 12.1. The standard InChI is InChI=1S/C14H9N3O6/c18-10-6-11(19)17(14(22)15-10)16-12(20)8-5-7-3-1-2-4-9(7)23-13(8)21/h1-5H,6H2,(H,16,20)(H,15,18,22). The van der Waals surface area contributed by atoms with Crippen LogP contribution in [0.4, 0.5) is 4.79 Å². The average Bonchev–Trinajstić information content (AvgIpc) is 2.50. The van der Waals surface area contributed by atoms with Crippen molar-refractivity contribution in [3.8, 4) is 0 Å². The molecule has 1 aromatic carbocycles. The molecular formula is C14H9N3O6. The molecule has 2 heterocycles. The predicted octanol–water partition coefficient (Wildman–Crippen LogP) is -0.0937. The SMILES string of the molecule is O=C1CC(=O)N(NC(=O)c2cc3ccccc3oc2=O)C(=O)N1. The number of carbonyl (C=O) groups excluding carboxylic acids is 4. The Labute approximate surface area is 127 Å². The van der Waals surface area contributed by atoms with Crippen molar-refractivity contribution >= 4 is 34.7 Å². The Kier molecular flexibility index (Phi) is 3.37. The van der Waals surface area contributed by atoms with Gasteiger partial charge in [0, 0.05) is 5.39 Å². The van der Waals surface area contributed by atoms with Crippen LogP contribution in [0.2, 0.25) is 0 Å². The van der Waals surface area contributed by atoms with Crippen LogP contribution in [0.3, 0.4) is 0 Å². The van der Waals surface area contributed by atoms with Gasteiger partial charge < -0.3 is 4.42 Å². The molecule has 0 bridgehead atoms. The number of nitrogens with one attached hydrogen (secondary N) is 2. The molecular weight excluding hydrogens is 306 g/mol. The number of nitrogens with zero attached hydrogens (tertiary/aromatic N) is 1. The minimum atomic E-state index is -1.09. The molecule has 9 nitrogen and oxygen atoms in total. The number of hydrogen-bond acceptors (Lipinski definition) is 6. The van der Waals surface area contributed by atoms with Crippen LogP contribution in [0, 0.1) is 0 Å². The van der Waals surface area contributed by atoms with E-state index in [0.29, 0.717) is 16.0 Å². The number of hydrogen-bond donors (Lipinski definition) is 2. The molecule has 5 amide bonds. The third kappa shape index (κ3) is 2.67. The second-order valence-corrected chi connectivity index (χ2v) is 4.69. The molecule has 1 saturated heterocycles. The molecule has 0 atom stereocenters. The first kappa shape index (κ1) is 14.4. The van der Waals surface area contributed by atoms with Crippen molar-refractivity contribution in [2.75, 3.05) is 0 Å². The Morgan fingerprint density at radius 3 is 2.65 bits per heavy atom. The van der Waals surface area contributed by atoms with Crippen LogP contribution in [0.25, 0.3) is 11.0 Å². The highest BCUT2D eigenvalue weighted by atomic mass is 16.4. The second kappa shape index (κ2) is 5.37. The van der Waals surface area contributed by atoms with Crippen molar-refractivity contribution in [2.24, 2.45) is 0 Å². The lowest BCUT2D eigenvalue weighted by Crippen LogP contribution is -2.59. The highest BCUT2D eigenvalue weighted by molar-refractivity contribution is 6.15. The van der Waals surface area contributed by atoms with Crippen LogP contribution in [0.1, 0.15) is 16.8 Å². The van der Waals surface area contributed by atoms with Crippen molar-refractivity contribution in [2.45, 2.75) is 6.42 Å². The first-order chi connectivity index (χ1) is 11.0. The third-order valence-electron chi connectivity index (χ3n) is 3.11. The lowest BCUT2D eigenvalue weighted by molar-refractivity contribution is -0.137. The summed E-state index contributed by atoms with van der Waals surface area (Å²) in [6.45, 7) is 0. The summed E-state index contributed by atoms with van der Waals surface area (Å²) in [5.74, 6) is -2.67. The maximum atomic E-state index is 12.1. The molecule has 3 rings (SSSR count). The topological polar surface area (TPSA) is 126 Å². The fourth-order valence-electron chi connectivity index (χ4n) is 2.04. The molecule has 0 saturated carbocycles. The molecule has 1 fully saturated rings. The van der Waals surface area contributed by atoms with Crippen molar-refractivity contribution in [1.29, 1.82) is 0 Å². The first-order valence-electron chi connectivity index (χ1n) is 6.46. The molecule has 9 heteroatoms. The normalized spacial score (nSPS) is 14.8. The second-order valence-electron chi connectivity index (χ2n) is 4.69. The molecule has 23 heavy (non-hydrogen) atoms. The molecule has 0 unspecified atom stereocenters. The zero-order chi connectivity index (χ0) is 16.6. The number of urea groups is 1. The van der Waals surface area contributed by atoms with Crippen molar-refractivity contribution < 1.29 is 23.6 Å². The molecule has 2 N–H and O–H groups in total. The van der Waals surface area contributed by atoms with E-state index in [4.69, 9.17) is 4.42 Å². The van der Waals surface area contributed by atoms with Crippen LogP contribution in [0.5, 0.6) is 0 Å². The Hall–Kier alpha value is -3.49. The monoisotopic (exact) mass is 315 g/mol. The van der Waals surface area contributed by atoms with Crippen LogP contribution >= 0.6 is 0 Å². The van der Waals surface area contributed by atoms with E-state index >= 15 is 0 Å². The van der Waals surface area contributed by atoms with E-state index in [1.165, 1.54) is 6.07 Å². The van der Waals surface area contributed by atoms with E-state index < -0.39 is 35.8 Å². The summed E-state index contributed by atoms with van der Waals surface area (Å²) in [4.78, 5) is 58.1. The van der Waals surface area contributed by atoms with Crippen molar-refractivity contribution in [3.05, 3.63) is 46.3 Å². The van der Waals surface area contributed by atoms with Gasteiger partial charge in [0.15, 0.2) is 0 Å². The smallest absolute Gasteiger partial charge is 0.350 e. The van der Waals surface area contributed by atoms with Gasteiger partial charge in [-0.2, -0.15) is 5.01 Å². The molecule has 1 aromatic heterocycles. The highest BCUT2D eigenvalue weighted by Crippen LogP contribution is 2.12. The molecule has 0 radical (unpaired) electrons. The number of fused-ring (bicyclic) bond motifs is 1. The van der Waals surface area contributed by atoms with Crippen molar-refractivity contribution in [1.82, 2.24) is 15.8 Å². The molecule has 1 aliphatic rings. The van der Waals surface area contributed by atoms with Gasteiger partial charge in [-0.15, -0.1) is 0 Å². The average molecular weight is 315 g/mol. The summed E-state index contributed by atoms with van der Waals surface area (Å²) < 4.78 is 5.00. The van der Waals surface area contributed by atoms with E-state index in [9.17, 15) is 24.0 Å². The fraction of sp³-hybridized carbons (Fsp3) is 0.0714. The highest BCUT2D eigenvalue weighted by Gasteiger charge is 2.33. The Morgan fingerprint density at radius 1 is 1.17 bits per heavy atom. The quantitative estimate of drug-likeness (QED) is 0.589. The van der Waals surface area contributed by atoms with Crippen LogP contribution in [0.15, 0.2) is 39.5 Å². The first-order valence-corrected chi connectivity index (χ1v) is 6.46. The lowest BCUT2D eigenvalue weighted by Gasteiger charge is -2.24. The molecule has 2 aromatic rings. The van der Waals surface area contributed by atoms with Gasteiger partial charge in [-0.1, -0.05) is 18.2 Å². The van der Waals surface area contributed by atoms with Gasteiger partial charge >= 0.3 is 11.7 Å². The van der Waals surface area contributed by atoms with E-state index in [-0.39, 0.29) is 5.56 Å². The summed E-state index contributed by atoms with van der Waals surface area (Å²) >= 11 is 0. The van der Waals surface area contributed by atoms with E-state index in [1.807, 2.05) is 10.7 Å². The zero-order valence-electron chi connectivity index (χ0n) is 11.5. The van der Waals surface area contributed by atoms with Gasteiger partial charge in [0.25, 0.3) is 11.8 Å². The minimum absolute atomic E-state index is 0.298. The number of amides is 5. The fourth-order valence-corrected chi connectivity index (χ4v) is 2.04. The van der Waals surface area contributed by atoms with Gasteiger partial charge in [0.1, 0.15) is 17.6 Å². The Bertz CT molecular complexity index is 896. The number of rotatable bonds is 2. The summed E-state index contributed by atoms with van der Waals surface area (Å²) in [7, 11) is 0. The number of carbonyl (C=O) groups is 4. The number of para-hydroxylation sites is 1. The van der Waals surface area contributed by atoms with Crippen LogP contribution in [-0.2, 0) is 9.59 Å². The van der Waals surface area contributed by atoms with Crippen LogP contribution < -0.4 is 16.4 Å². The maximum Gasteiger partial charge on any atom is 0.350 e. The largest absolute Gasteiger partial charge is 0.422 e. The van der Waals surface area contributed by atoms with Gasteiger partial charge in [0.05, 0.1) is 0 Å². The Balaban J connectivity index is 1.90. The summed E-state index contributed by atoms with van der Waals surface area (Å²) in [5.41, 5.74) is 0.990. The van der Waals surface area contributed by atoms with Crippen molar-refractivity contribution in [3.63, 3.8) is 0 Å². The minimum Gasteiger partial charge on any atom is -0.422 e. The number of barbiturate groups is 1. The number of hydrazine groups is 1.